The van der Waals surface area contributed by atoms with Crippen LogP contribution in [0.4, 0.5) is 16.2 Å². The molecule has 3 rings (SSSR count). The van der Waals surface area contributed by atoms with Crippen molar-refractivity contribution in [2.75, 3.05) is 31.0 Å². The third-order valence-corrected chi connectivity index (χ3v) is 4.39. The zero-order valence-electron chi connectivity index (χ0n) is 15.6. The third-order valence-electron chi connectivity index (χ3n) is 4.39. The van der Waals surface area contributed by atoms with E-state index in [0.717, 1.165) is 5.69 Å². The van der Waals surface area contributed by atoms with Crippen LogP contribution in [0.1, 0.15) is 16.8 Å². The molecular weight excluding hydrogens is 362 g/mol. The van der Waals surface area contributed by atoms with Crippen LogP contribution in [0, 0.1) is 0 Å². The molecule has 1 heterocycles. The molecule has 1 atom stereocenters. The zero-order chi connectivity index (χ0) is 20.1. The summed E-state index contributed by atoms with van der Waals surface area (Å²) in [5.74, 6) is 0.147. The van der Waals surface area contributed by atoms with Gasteiger partial charge in [-0.05, 0) is 36.4 Å². The van der Waals surface area contributed by atoms with E-state index in [9.17, 15) is 14.4 Å². The number of benzene rings is 2. The van der Waals surface area contributed by atoms with Crippen molar-refractivity contribution >= 4 is 29.3 Å². The number of hydrogen-bond donors (Lipinski definition) is 2. The number of rotatable bonds is 5. The molecule has 2 aromatic carbocycles. The number of amides is 3. The smallest absolute Gasteiger partial charge is 0.337 e. The highest BCUT2D eigenvalue weighted by Gasteiger charge is 2.31. The Morgan fingerprint density at radius 1 is 1.11 bits per heavy atom. The second-order valence-corrected chi connectivity index (χ2v) is 6.27. The quantitative estimate of drug-likeness (QED) is 0.773. The molecule has 1 aliphatic heterocycles. The van der Waals surface area contributed by atoms with E-state index in [0.29, 0.717) is 23.5 Å². The number of nitrogens with one attached hydrogen (secondary N) is 2. The Hall–Kier alpha value is -3.55. The second kappa shape index (κ2) is 8.43. The van der Waals surface area contributed by atoms with Crippen molar-refractivity contribution in [3.63, 3.8) is 0 Å². The fourth-order valence-electron chi connectivity index (χ4n) is 2.99. The topological polar surface area (TPSA) is 97.0 Å². The standard InChI is InChI=1S/C20H21N3O5/c1-27-17-5-3-4-16(11-17)23-12-15(10-18(23)24)22-20(26)21-14-8-6-13(7-9-14)19(25)28-2/h3-9,11,15H,10,12H2,1-2H3,(H2,21,22,26). The fourth-order valence-corrected chi connectivity index (χ4v) is 2.99. The summed E-state index contributed by atoms with van der Waals surface area (Å²) in [4.78, 5) is 37.6. The van der Waals surface area contributed by atoms with Crippen molar-refractivity contribution < 1.29 is 23.9 Å². The largest absolute Gasteiger partial charge is 0.497 e. The summed E-state index contributed by atoms with van der Waals surface area (Å²) < 4.78 is 9.83. The molecule has 28 heavy (non-hydrogen) atoms. The summed E-state index contributed by atoms with van der Waals surface area (Å²) in [5.41, 5.74) is 1.65. The van der Waals surface area contributed by atoms with Gasteiger partial charge in [-0.1, -0.05) is 6.07 Å². The van der Waals surface area contributed by atoms with Gasteiger partial charge >= 0.3 is 12.0 Å². The molecule has 2 N–H and O–H groups in total. The molecule has 1 fully saturated rings. The summed E-state index contributed by atoms with van der Waals surface area (Å²) in [5, 5.41) is 5.49. The predicted molar refractivity (Wildman–Crippen MR) is 104 cm³/mol. The Morgan fingerprint density at radius 2 is 1.86 bits per heavy atom. The Balaban J connectivity index is 1.57. The fraction of sp³-hybridized carbons (Fsp3) is 0.250. The van der Waals surface area contributed by atoms with E-state index < -0.39 is 12.0 Å². The van der Waals surface area contributed by atoms with Crippen LogP contribution in [0.15, 0.2) is 48.5 Å². The summed E-state index contributed by atoms with van der Waals surface area (Å²) in [6, 6.07) is 12.8. The Labute approximate surface area is 162 Å². The van der Waals surface area contributed by atoms with E-state index in [1.54, 1.807) is 48.4 Å². The van der Waals surface area contributed by atoms with Gasteiger partial charge < -0.3 is 25.0 Å². The Morgan fingerprint density at radius 3 is 2.54 bits per heavy atom. The SMILES string of the molecule is COC(=O)c1ccc(NC(=O)NC2CC(=O)N(c3cccc(OC)c3)C2)cc1. The van der Waals surface area contributed by atoms with Crippen molar-refractivity contribution in [2.24, 2.45) is 0 Å². The number of carbonyl (C=O) groups excluding carboxylic acids is 3. The van der Waals surface area contributed by atoms with Crippen LogP contribution in [0.3, 0.4) is 0 Å². The molecule has 8 heteroatoms. The van der Waals surface area contributed by atoms with Gasteiger partial charge in [0.25, 0.3) is 0 Å². The predicted octanol–water partition coefficient (Wildman–Crippen LogP) is 2.41. The van der Waals surface area contributed by atoms with Gasteiger partial charge in [-0.2, -0.15) is 0 Å². The van der Waals surface area contributed by atoms with Crippen LogP contribution in [0.5, 0.6) is 5.75 Å². The first-order valence-electron chi connectivity index (χ1n) is 8.70. The lowest BCUT2D eigenvalue weighted by Crippen LogP contribution is -2.39. The maximum absolute atomic E-state index is 12.3. The lowest BCUT2D eigenvalue weighted by atomic mass is 10.2. The summed E-state index contributed by atoms with van der Waals surface area (Å²) in [7, 11) is 2.87. The number of ether oxygens (including phenoxy) is 2. The minimum Gasteiger partial charge on any atom is -0.497 e. The van der Waals surface area contributed by atoms with E-state index >= 15 is 0 Å². The maximum Gasteiger partial charge on any atom is 0.337 e. The van der Waals surface area contributed by atoms with E-state index in [1.807, 2.05) is 12.1 Å². The molecule has 2 aromatic rings. The summed E-state index contributed by atoms with van der Waals surface area (Å²) in [6.07, 6.45) is 0.214. The number of nitrogens with zero attached hydrogens (tertiary/aromatic N) is 1. The van der Waals surface area contributed by atoms with Crippen LogP contribution < -0.4 is 20.3 Å². The average Bonchev–Trinajstić information content (AvgIpc) is 3.07. The minimum absolute atomic E-state index is 0.0685. The van der Waals surface area contributed by atoms with Gasteiger partial charge in [-0.15, -0.1) is 0 Å². The molecule has 0 bridgehead atoms. The van der Waals surface area contributed by atoms with E-state index in [1.165, 1.54) is 7.11 Å². The molecule has 0 spiro atoms. The van der Waals surface area contributed by atoms with Crippen LogP contribution >= 0.6 is 0 Å². The highest BCUT2D eigenvalue weighted by Crippen LogP contribution is 2.25. The molecule has 0 aliphatic carbocycles. The Bertz CT molecular complexity index is 882. The first-order valence-corrected chi connectivity index (χ1v) is 8.70. The normalized spacial score (nSPS) is 15.9. The van der Waals surface area contributed by atoms with Gasteiger partial charge in [-0.3, -0.25) is 4.79 Å². The number of carbonyl (C=O) groups is 3. The second-order valence-electron chi connectivity index (χ2n) is 6.27. The molecule has 1 saturated heterocycles. The average molecular weight is 383 g/mol. The molecule has 146 valence electrons. The van der Waals surface area contributed by atoms with Gasteiger partial charge in [0.05, 0.1) is 25.8 Å². The first-order chi connectivity index (χ1) is 13.5. The number of urea groups is 1. The van der Waals surface area contributed by atoms with Crippen LogP contribution in [0.25, 0.3) is 0 Å². The van der Waals surface area contributed by atoms with Crippen molar-refractivity contribution in [3.05, 3.63) is 54.1 Å². The minimum atomic E-state index is -0.446. The number of methoxy groups -OCH3 is 2. The molecule has 1 unspecified atom stereocenters. The van der Waals surface area contributed by atoms with Crippen molar-refractivity contribution in [1.82, 2.24) is 5.32 Å². The van der Waals surface area contributed by atoms with Gasteiger partial charge in [0.15, 0.2) is 0 Å². The number of esters is 1. The molecule has 0 aromatic heterocycles. The van der Waals surface area contributed by atoms with Crippen molar-refractivity contribution in [2.45, 2.75) is 12.5 Å². The van der Waals surface area contributed by atoms with Crippen molar-refractivity contribution in [1.29, 1.82) is 0 Å². The monoisotopic (exact) mass is 383 g/mol. The van der Waals surface area contributed by atoms with E-state index in [2.05, 4.69) is 15.4 Å². The molecule has 0 saturated carbocycles. The van der Waals surface area contributed by atoms with Crippen molar-refractivity contribution in [3.8, 4) is 5.75 Å². The Kier molecular flexibility index (Phi) is 5.78. The van der Waals surface area contributed by atoms with Gasteiger partial charge in [0.2, 0.25) is 5.91 Å². The zero-order valence-corrected chi connectivity index (χ0v) is 15.6. The molecular formula is C20H21N3O5. The van der Waals surface area contributed by atoms with Gasteiger partial charge in [0, 0.05) is 30.4 Å². The lowest BCUT2D eigenvalue weighted by molar-refractivity contribution is -0.117. The lowest BCUT2D eigenvalue weighted by Gasteiger charge is -2.18. The highest BCUT2D eigenvalue weighted by atomic mass is 16.5. The number of anilines is 2. The maximum atomic E-state index is 12.3. The van der Waals surface area contributed by atoms with E-state index in [-0.39, 0.29) is 18.4 Å². The molecule has 1 aliphatic rings. The summed E-state index contributed by atoms with van der Waals surface area (Å²) >= 11 is 0. The van der Waals surface area contributed by atoms with E-state index in [4.69, 9.17) is 4.74 Å². The third kappa shape index (κ3) is 4.40. The van der Waals surface area contributed by atoms with Gasteiger partial charge in [-0.25, -0.2) is 9.59 Å². The van der Waals surface area contributed by atoms with Crippen LogP contribution in [-0.2, 0) is 9.53 Å². The van der Waals surface area contributed by atoms with Crippen LogP contribution in [-0.4, -0.2) is 44.7 Å². The van der Waals surface area contributed by atoms with Gasteiger partial charge in [0.1, 0.15) is 5.75 Å². The summed E-state index contributed by atoms with van der Waals surface area (Å²) in [6.45, 7) is 0.376. The molecule has 8 nitrogen and oxygen atoms in total. The highest BCUT2D eigenvalue weighted by molar-refractivity contribution is 5.98. The first kappa shape index (κ1) is 19.2. The number of hydrogen-bond acceptors (Lipinski definition) is 5. The molecule has 3 amide bonds. The molecule has 0 radical (unpaired) electrons. The van der Waals surface area contributed by atoms with Crippen LogP contribution in [0.2, 0.25) is 0 Å².